The van der Waals surface area contributed by atoms with Gasteiger partial charge in [0.1, 0.15) is 11.5 Å². The number of halogens is 4. The van der Waals surface area contributed by atoms with Crippen LogP contribution in [0.1, 0.15) is 12.8 Å². The van der Waals surface area contributed by atoms with Gasteiger partial charge in [-0.15, -0.1) is 0 Å². The Hall–Kier alpha value is -1.86. The first-order valence-electron chi connectivity index (χ1n) is 8.82. The molecule has 6 nitrogen and oxygen atoms in total. The van der Waals surface area contributed by atoms with E-state index in [4.69, 9.17) is 65.4 Å². The summed E-state index contributed by atoms with van der Waals surface area (Å²) in [4.78, 5) is 23.3. The lowest BCUT2D eigenvalue weighted by Crippen LogP contribution is -2.17. The number of benzene rings is 2. The second-order valence-electron chi connectivity index (χ2n) is 5.88. The van der Waals surface area contributed by atoms with Crippen LogP contribution >= 0.6 is 46.4 Å². The standard InChI is InChI=1S/C20H18Cl4O6/c21-13-3-6-18(17(24)9-13)30-12-20(26)28-8-2-1-7-27-19(25)11-29-14-4-5-15(22)16(23)10-14/h3-6,9-10H,1-2,7-8,11-12H2. The maximum Gasteiger partial charge on any atom is 0.344 e. The first-order valence-corrected chi connectivity index (χ1v) is 10.3. The molecule has 2 aromatic rings. The summed E-state index contributed by atoms with van der Waals surface area (Å²) in [5.74, 6) is -0.303. The average Bonchev–Trinajstić information content (AvgIpc) is 2.70. The van der Waals surface area contributed by atoms with Crippen molar-refractivity contribution in [1.82, 2.24) is 0 Å². The molecule has 0 radical (unpaired) electrons. The van der Waals surface area contributed by atoms with Gasteiger partial charge in [-0.25, -0.2) is 9.59 Å². The molecule has 2 aromatic carbocycles. The van der Waals surface area contributed by atoms with Crippen molar-refractivity contribution in [3.63, 3.8) is 0 Å². The summed E-state index contributed by atoms with van der Waals surface area (Å²) >= 11 is 23.4. The molecule has 0 saturated heterocycles. The smallest absolute Gasteiger partial charge is 0.344 e. The second-order valence-corrected chi connectivity index (χ2v) is 7.53. The number of esters is 2. The molecule has 0 aliphatic heterocycles. The summed E-state index contributed by atoms with van der Waals surface area (Å²) in [5.41, 5.74) is 0. The van der Waals surface area contributed by atoms with Gasteiger partial charge in [0, 0.05) is 11.1 Å². The molecule has 0 heterocycles. The van der Waals surface area contributed by atoms with Gasteiger partial charge < -0.3 is 18.9 Å². The first kappa shape index (κ1) is 24.4. The van der Waals surface area contributed by atoms with Crippen molar-refractivity contribution in [3.05, 3.63) is 56.5 Å². The van der Waals surface area contributed by atoms with E-state index in [9.17, 15) is 9.59 Å². The zero-order valence-electron chi connectivity index (χ0n) is 15.7. The van der Waals surface area contributed by atoms with Crippen LogP contribution in [0.3, 0.4) is 0 Å². The minimum absolute atomic E-state index is 0.174. The van der Waals surface area contributed by atoms with E-state index in [-0.39, 0.29) is 26.4 Å². The minimum atomic E-state index is -0.534. The quantitative estimate of drug-likeness (QED) is 0.297. The molecule has 30 heavy (non-hydrogen) atoms. The van der Waals surface area contributed by atoms with Gasteiger partial charge in [-0.1, -0.05) is 46.4 Å². The van der Waals surface area contributed by atoms with Crippen molar-refractivity contribution in [1.29, 1.82) is 0 Å². The van der Waals surface area contributed by atoms with E-state index in [0.29, 0.717) is 44.4 Å². The highest BCUT2D eigenvalue weighted by atomic mass is 35.5. The fourth-order valence-corrected chi connectivity index (χ4v) is 2.85. The lowest BCUT2D eigenvalue weighted by molar-refractivity contribution is -0.148. The van der Waals surface area contributed by atoms with Crippen LogP contribution in [0.15, 0.2) is 36.4 Å². The third-order valence-corrected chi connectivity index (χ3v) is 4.82. The Morgan fingerprint density at radius 2 is 1.33 bits per heavy atom. The van der Waals surface area contributed by atoms with Crippen molar-refractivity contribution in [2.24, 2.45) is 0 Å². The molecule has 0 atom stereocenters. The fraction of sp³-hybridized carbons (Fsp3) is 0.300. The van der Waals surface area contributed by atoms with Crippen molar-refractivity contribution in [2.45, 2.75) is 12.8 Å². The van der Waals surface area contributed by atoms with Crippen LogP contribution in [0.5, 0.6) is 11.5 Å². The Kier molecular flexibility index (Phi) is 10.4. The number of ether oxygens (including phenoxy) is 4. The van der Waals surface area contributed by atoms with E-state index in [1.165, 1.54) is 12.1 Å². The average molecular weight is 496 g/mol. The van der Waals surface area contributed by atoms with Gasteiger partial charge in [0.25, 0.3) is 0 Å². The van der Waals surface area contributed by atoms with Gasteiger partial charge in [0.15, 0.2) is 13.2 Å². The lowest BCUT2D eigenvalue weighted by Gasteiger charge is -2.09. The van der Waals surface area contributed by atoms with Gasteiger partial charge in [-0.2, -0.15) is 0 Å². The second kappa shape index (κ2) is 12.7. The molecule has 2 rings (SSSR count). The first-order chi connectivity index (χ1) is 14.3. The summed E-state index contributed by atoms with van der Waals surface area (Å²) < 4.78 is 20.6. The van der Waals surface area contributed by atoms with E-state index in [1.807, 2.05) is 0 Å². The highest BCUT2D eigenvalue weighted by Gasteiger charge is 2.09. The zero-order chi connectivity index (χ0) is 21.9. The highest BCUT2D eigenvalue weighted by molar-refractivity contribution is 6.42. The monoisotopic (exact) mass is 494 g/mol. The third-order valence-electron chi connectivity index (χ3n) is 3.55. The van der Waals surface area contributed by atoms with Gasteiger partial charge in [-0.05, 0) is 43.2 Å². The maximum atomic E-state index is 11.7. The Morgan fingerprint density at radius 1 is 0.700 bits per heavy atom. The Balaban J connectivity index is 1.52. The zero-order valence-corrected chi connectivity index (χ0v) is 18.7. The normalized spacial score (nSPS) is 10.4. The van der Waals surface area contributed by atoms with E-state index in [0.717, 1.165) is 0 Å². The van der Waals surface area contributed by atoms with E-state index >= 15 is 0 Å². The fourth-order valence-electron chi connectivity index (χ4n) is 2.10. The molecule has 0 bridgehead atoms. The molecule has 0 saturated carbocycles. The molecule has 0 unspecified atom stereocenters. The van der Waals surface area contributed by atoms with Crippen molar-refractivity contribution in [3.8, 4) is 11.5 Å². The largest absolute Gasteiger partial charge is 0.482 e. The maximum absolute atomic E-state index is 11.7. The molecule has 0 amide bonds. The van der Waals surface area contributed by atoms with Crippen molar-refractivity contribution >= 4 is 58.3 Å². The van der Waals surface area contributed by atoms with Crippen molar-refractivity contribution in [2.75, 3.05) is 26.4 Å². The van der Waals surface area contributed by atoms with Crippen LogP contribution in [-0.4, -0.2) is 38.4 Å². The molecular weight excluding hydrogens is 478 g/mol. The topological polar surface area (TPSA) is 71.1 Å². The minimum Gasteiger partial charge on any atom is -0.482 e. The molecule has 0 N–H and O–H groups in total. The Labute approximate surface area is 193 Å². The highest BCUT2D eigenvalue weighted by Crippen LogP contribution is 2.27. The molecule has 0 fully saturated rings. The molecular formula is C20H18Cl4O6. The molecule has 0 spiro atoms. The third kappa shape index (κ3) is 8.88. The Bertz CT molecular complexity index is 874. The predicted octanol–water partition coefficient (Wildman–Crippen LogP) is 5.62. The van der Waals surface area contributed by atoms with Crippen LogP contribution in [0, 0.1) is 0 Å². The lowest BCUT2D eigenvalue weighted by atomic mass is 10.3. The summed E-state index contributed by atoms with van der Waals surface area (Å²) in [6.45, 7) is -0.175. The van der Waals surface area contributed by atoms with E-state index in [2.05, 4.69) is 0 Å². The number of carbonyl (C=O) groups excluding carboxylic acids is 2. The molecule has 10 heteroatoms. The summed E-state index contributed by atoms with van der Waals surface area (Å²) in [7, 11) is 0. The summed E-state index contributed by atoms with van der Waals surface area (Å²) in [6.07, 6.45) is 1.05. The Morgan fingerprint density at radius 3 is 1.93 bits per heavy atom. The summed E-state index contributed by atoms with van der Waals surface area (Å²) in [6, 6.07) is 9.36. The predicted molar refractivity (Wildman–Crippen MR) is 115 cm³/mol. The SMILES string of the molecule is O=C(COc1ccc(Cl)c(Cl)c1)OCCCCOC(=O)COc1ccc(Cl)cc1Cl. The van der Waals surface area contributed by atoms with Gasteiger partial charge in [-0.3, -0.25) is 0 Å². The number of unbranched alkanes of at least 4 members (excludes halogenated alkanes) is 1. The molecule has 0 aromatic heterocycles. The number of carbonyl (C=O) groups is 2. The number of rotatable bonds is 11. The summed E-state index contributed by atoms with van der Waals surface area (Å²) in [5, 5.41) is 1.50. The van der Waals surface area contributed by atoms with Crippen LogP contribution in [0.2, 0.25) is 20.1 Å². The number of hydrogen-bond donors (Lipinski definition) is 0. The molecule has 0 aliphatic carbocycles. The van der Waals surface area contributed by atoms with Crippen molar-refractivity contribution < 1.29 is 28.5 Å². The van der Waals surface area contributed by atoms with Gasteiger partial charge in [0.2, 0.25) is 0 Å². The van der Waals surface area contributed by atoms with E-state index < -0.39 is 11.9 Å². The van der Waals surface area contributed by atoms with Crippen LogP contribution in [0.25, 0.3) is 0 Å². The van der Waals surface area contributed by atoms with Crippen LogP contribution in [-0.2, 0) is 19.1 Å². The molecule has 162 valence electrons. The van der Waals surface area contributed by atoms with Gasteiger partial charge >= 0.3 is 11.9 Å². The van der Waals surface area contributed by atoms with E-state index in [1.54, 1.807) is 24.3 Å². The van der Waals surface area contributed by atoms with Gasteiger partial charge in [0.05, 0.1) is 28.3 Å². The van der Waals surface area contributed by atoms with Crippen LogP contribution in [0.4, 0.5) is 0 Å². The number of hydrogen-bond acceptors (Lipinski definition) is 6. The molecule has 0 aliphatic rings. The van der Waals surface area contributed by atoms with Crippen LogP contribution < -0.4 is 9.47 Å².